The molecule has 0 radical (unpaired) electrons. The first-order valence-electron chi connectivity index (χ1n) is 9.66. The molecule has 0 unspecified atom stereocenters. The summed E-state index contributed by atoms with van der Waals surface area (Å²) in [4.78, 5) is 36.0. The number of hydrazone groups is 1. The van der Waals surface area contributed by atoms with Crippen LogP contribution in [0.25, 0.3) is 0 Å². The highest BCUT2D eigenvalue weighted by atomic mass is 32.2. The summed E-state index contributed by atoms with van der Waals surface area (Å²) in [5, 5.41) is 7.93. The first-order valence-corrected chi connectivity index (χ1v) is 10.5. The molecule has 0 saturated heterocycles. The first kappa shape index (κ1) is 22.4. The summed E-state index contributed by atoms with van der Waals surface area (Å²) in [6.45, 7) is 6.85. The molecule has 2 aromatic carbocycles. The highest BCUT2D eigenvalue weighted by Gasteiger charge is 2.33. The summed E-state index contributed by atoms with van der Waals surface area (Å²) >= 11 is 1.23. The highest BCUT2D eigenvalue weighted by Crippen LogP contribution is 2.41. The second-order valence-corrected chi connectivity index (χ2v) is 7.89. The molecule has 162 valence electrons. The maximum Gasteiger partial charge on any atom is 0.343 e. The molecule has 0 fully saturated rings. The Bertz CT molecular complexity index is 1050. The summed E-state index contributed by atoms with van der Waals surface area (Å²) in [5.74, 6) is -0.389. The van der Waals surface area contributed by atoms with E-state index in [1.165, 1.54) is 30.6 Å². The van der Waals surface area contributed by atoms with Crippen molar-refractivity contribution in [3.63, 3.8) is 0 Å². The predicted molar refractivity (Wildman–Crippen MR) is 118 cm³/mol. The van der Waals surface area contributed by atoms with Crippen LogP contribution in [-0.2, 0) is 9.59 Å². The van der Waals surface area contributed by atoms with Gasteiger partial charge in [-0.25, -0.2) is 9.80 Å². The number of amidine groups is 1. The number of ether oxygens (including phenoxy) is 2. The van der Waals surface area contributed by atoms with Crippen molar-refractivity contribution in [2.75, 3.05) is 6.61 Å². The van der Waals surface area contributed by atoms with E-state index in [1.54, 1.807) is 36.4 Å². The van der Waals surface area contributed by atoms with Gasteiger partial charge in [0, 0.05) is 13.8 Å². The number of amides is 2. The SMILES string of the molecule is CCOc1cc([C@H]2SC(NC(C)=O)=NN2C(C)=O)ccc1OC(=O)c1cccc(C)c1. The van der Waals surface area contributed by atoms with Crippen LogP contribution in [0.15, 0.2) is 47.6 Å². The van der Waals surface area contributed by atoms with Gasteiger partial charge in [0.15, 0.2) is 16.7 Å². The molecular formula is C22H23N3O5S. The first-order chi connectivity index (χ1) is 14.8. The van der Waals surface area contributed by atoms with Crippen LogP contribution in [0.2, 0.25) is 0 Å². The largest absolute Gasteiger partial charge is 0.490 e. The number of carbonyl (C=O) groups excluding carboxylic acids is 3. The Morgan fingerprint density at radius 2 is 1.90 bits per heavy atom. The molecule has 0 spiro atoms. The zero-order chi connectivity index (χ0) is 22.5. The van der Waals surface area contributed by atoms with Crippen LogP contribution in [0.3, 0.4) is 0 Å². The Hall–Kier alpha value is -3.33. The number of benzene rings is 2. The van der Waals surface area contributed by atoms with Crippen LogP contribution < -0.4 is 14.8 Å². The molecule has 1 aliphatic rings. The predicted octanol–water partition coefficient (Wildman–Crippen LogP) is 3.61. The summed E-state index contributed by atoms with van der Waals surface area (Å²) in [6, 6.07) is 12.2. The van der Waals surface area contributed by atoms with Crippen LogP contribution in [0, 0.1) is 6.92 Å². The Labute approximate surface area is 184 Å². The van der Waals surface area contributed by atoms with Crippen molar-refractivity contribution in [1.82, 2.24) is 10.3 Å². The lowest BCUT2D eigenvalue weighted by Crippen LogP contribution is -2.25. The fraction of sp³-hybridized carbons (Fsp3) is 0.273. The zero-order valence-corrected chi connectivity index (χ0v) is 18.5. The van der Waals surface area contributed by atoms with E-state index in [1.807, 2.05) is 19.9 Å². The van der Waals surface area contributed by atoms with Gasteiger partial charge in [-0.15, -0.1) is 5.10 Å². The van der Waals surface area contributed by atoms with Gasteiger partial charge in [0.05, 0.1) is 12.2 Å². The van der Waals surface area contributed by atoms with E-state index >= 15 is 0 Å². The Balaban J connectivity index is 1.87. The second-order valence-electron chi connectivity index (χ2n) is 6.82. The van der Waals surface area contributed by atoms with Gasteiger partial charge in [-0.05, 0) is 43.7 Å². The van der Waals surface area contributed by atoms with Crippen molar-refractivity contribution in [3.05, 3.63) is 59.2 Å². The van der Waals surface area contributed by atoms with E-state index < -0.39 is 11.3 Å². The van der Waals surface area contributed by atoms with E-state index in [9.17, 15) is 14.4 Å². The summed E-state index contributed by atoms with van der Waals surface area (Å²) in [7, 11) is 0. The number of hydrogen-bond donors (Lipinski definition) is 1. The minimum absolute atomic E-state index is 0.272. The number of thioether (sulfide) groups is 1. The topological polar surface area (TPSA) is 97.3 Å². The summed E-state index contributed by atoms with van der Waals surface area (Å²) in [6.07, 6.45) is 0. The number of carbonyl (C=O) groups is 3. The zero-order valence-electron chi connectivity index (χ0n) is 17.7. The van der Waals surface area contributed by atoms with Gasteiger partial charge in [0.1, 0.15) is 5.37 Å². The molecule has 31 heavy (non-hydrogen) atoms. The Kier molecular flexibility index (Phi) is 6.96. The van der Waals surface area contributed by atoms with Crippen LogP contribution in [-0.4, -0.2) is 34.6 Å². The highest BCUT2D eigenvalue weighted by molar-refractivity contribution is 8.14. The molecule has 8 nitrogen and oxygen atoms in total. The smallest absolute Gasteiger partial charge is 0.343 e. The third-order valence-corrected chi connectivity index (χ3v) is 5.36. The molecule has 0 saturated carbocycles. The van der Waals surface area contributed by atoms with Crippen LogP contribution in [0.5, 0.6) is 11.5 Å². The van der Waals surface area contributed by atoms with E-state index in [-0.39, 0.29) is 17.6 Å². The lowest BCUT2D eigenvalue weighted by molar-refractivity contribution is -0.129. The molecule has 0 aliphatic carbocycles. The normalized spacial score (nSPS) is 15.3. The van der Waals surface area contributed by atoms with Crippen molar-refractivity contribution in [2.24, 2.45) is 5.10 Å². The van der Waals surface area contributed by atoms with Gasteiger partial charge in [-0.2, -0.15) is 0 Å². The lowest BCUT2D eigenvalue weighted by Gasteiger charge is -2.20. The van der Waals surface area contributed by atoms with E-state index in [0.717, 1.165) is 5.56 Å². The number of rotatable bonds is 5. The molecule has 0 bridgehead atoms. The Morgan fingerprint density at radius 1 is 1.13 bits per heavy atom. The molecule has 3 rings (SSSR count). The fourth-order valence-corrected chi connectivity index (χ4v) is 4.07. The monoisotopic (exact) mass is 441 g/mol. The van der Waals surface area contributed by atoms with Crippen molar-refractivity contribution >= 4 is 34.7 Å². The van der Waals surface area contributed by atoms with Crippen molar-refractivity contribution in [3.8, 4) is 11.5 Å². The number of nitrogens with one attached hydrogen (secondary N) is 1. The summed E-state index contributed by atoms with van der Waals surface area (Å²) in [5.41, 5.74) is 2.10. The third kappa shape index (κ3) is 5.43. The number of aryl methyl sites for hydroxylation is 1. The molecule has 1 N–H and O–H groups in total. The van der Waals surface area contributed by atoms with Crippen molar-refractivity contribution < 1.29 is 23.9 Å². The maximum absolute atomic E-state index is 12.6. The minimum atomic E-state index is -0.491. The fourth-order valence-electron chi connectivity index (χ4n) is 2.94. The van der Waals surface area contributed by atoms with Crippen molar-refractivity contribution in [1.29, 1.82) is 0 Å². The second kappa shape index (κ2) is 9.65. The maximum atomic E-state index is 12.6. The van der Waals surface area contributed by atoms with E-state index in [2.05, 4.69) is 10.4 Å². The summed E-state index contributed by atoms with van der Waals surface area (Å²) < 4.78 is 11.3. The van der Waals surface area contributed by atoms with Crippen molar-refractivity contribution in [2.45, 2.75) is 33.1 Å². The standard InChI is InChI=1S/C22H23N3O5S/c1-5-29-19-12-16(20-25(15(4)27)24-22(31-20)23-14(3)26)9-10-18(19)30-21(28)17-8-6-7-13(2)11-17/h6-12,20H,5H2,1-4H3,(H,23,24,26)/t20-/m1/s1. The molecule has 1 atom stereocenters. The molecule has 1 aliphatic heterocycles. The molecule has 2 amide bonds. The van der Waals surface area contributed by atoms with Crippen LogP contribution >= 0.6 is 11.8 Å². The van der Waals surface area contributed by atoms with Crippen LogP contribution in [0.1, 0.15) is 47.6 Å². The van der Waals surface area contributed by atoms with Gasteiger partial charge in [-0.3, -0.25) is 9.59 Å². The van der Waals surface area contributed by atoms with E-state index in [0.29, 0.717) is 28.7 Å². The molecule has 9 heteroatoms. The van der Waals surface area contributed by atoms with Gasteiger partial charge in [-0.1, -0.05) is 35.5 Å². The average molecular weight is 442 g/mol. The lowest BCUT2D eigenvalue weighted by atomic mass is 10.1. The van der Waals surface area contributed by atoms with Gasteiger partial charge < -0.3 is 14.8 Å². The average Bonchev–Trinajstić information content (AvgIpc) is 3.13. The molecule has 0 aromatic heterocycles. The quantitative estimate of drug-likeness (QED) is 0.562. The molecular weight excluding hydrogens is 418 g/mol. The minimum Gasteiger partial charge on any atom is -0.490 e. The molecule has 1 heterocycles. The number of nitrogens with zero attached hydrogens (tertiary/aromatic N) is 2. The van der Waals surface area contributed by atoms with Gasteiger partial charge in [0.25, 0.3) is 0 Å². The van der Waals surface area contributed by atoms with Gasteiger partial charge >= 0.3 is 5.97 Å². The third-order valence-electron chi connectivity index (χ3n) is 4.26. The Morgan fingerprint density at radius 3 is 2.55 bits per heavy atom. The number of esters is 1. The number of hydrogen-bond acceptors (Lipinski definition) is 7. The molecule has 2 aromatic rings. The van der Waals surface area contributed by atoms with E-state index in [4.69, 9.17) is 9.47 Å². The van der Waals surface area contributed by atoms with Crippen LogP contribution in [0.4, 0.5) is 0 Å². The van der Waals surface area contributed by atoms with Gasteiger partial charge in [0.2, 0.25) is 11.8 Å².